The van der Waals surface area contributed by atoms with E-state index >= 15 is 0 Å². The van der Waals surface area contributed by atoms with E-state index in [1.54, 1.807) is 29.7 Å². The Balaban J connectivity index is 1.69. The minimum Gasteiger partial charge on any atom is -0.492 e. The van der Waals surface area contributed by atoms with Gasteiger partial charge in [0.25, 0.3) is 11.5 Å². The molecule has 7 heteroatoms. The lowest BCUT2D eigenvalue weighted by Crippen LogP contribution is -2.23. The maximum Gasteiger partial charge on any atom is 0.272 e. The van der Waals surface area contributed by atoms with E-state index in [0.29, 0.717) is 46.9 Å². The molecule has 7 nitrogen and oxygen atoms in total. The number of nitrogens with zero attached hydrogens (tertiary/aromatic N) is 2. The summed E-state index contributed by atoms with van der Waals surface area (Å²) < 4.78 is 13.2. The van der Waals surface area contributed by atoms with Crippen LogP contribution in [0, 0.1) is 6.92 Å². The van der Waals surface area contributed by atoms with Crippen molar-refractivity contribution in [1.82, 2.24) is 9.55 Å². The van der Waals surface area contributed by atoms with E-state index in [-0.39, 0.29) is 17.6 Å². The first-order chi connectivity index (χ1) is 14.4. The highest BCUT2D eigenvalue weighted by atomic mass is 16.5. The summed E-state index contributed by atoms with van der Waals surface area (Å²) in [7, 11) is 0. The summed E-state index contributed by atoms with van der Waals surface area (Å²) in [6.07, 6.45) is 0.921. The predicted molar refractivity (Wildman–Crippen MR) is 116 cm³/mol. The quantitative estimate of drug-likeness (QED) is 0.697. The van der Waals surface area contributed by atoms with Crippen molar-refractivity contribution < 1.29 is 14.3 Å². The Morgan fingerprint density at radius 2 is 2.10 bits per heavy atom. The number of amides is 1. The second kappa shape index (κ2) is 7.82. The Hall–Kier alpha value is -3.35. The number of carbonyl (C=O) groups excluding carboxylic acids is 1. The van der Waals surface area contributed by atoms with Crippen molar-refractivity contribution in [2.45, 2.75) is 46.8 Å². The van der Waals surface area contributed by atoms with Crippen LogP contribution in [0.1, 0.15) is 42.4 Å². The molecule has 0 saturated heterocycles. The molecule has 0 unspecified atom stereocenters. The number of hydrogen-bond acceptors (Lipinski definition) is 5. The van der Waals surface area contributed by atoms with Crippen LogP contribution in [0.5, 0.6) is 11.5 Å². The highest BCUT2D eigenvalue weighted by Gasteiger charge is 2.23. The number of aromatic nitrogens is 2. The second-order valence-corrected chi connectivity index (χ2v) is 7.43. The molecule has 156 valence electrons. The van der Waals surface area contributed by atoms with Crippen molar-refractivity contribution in [1.29, 1.82) is 0 Å². The molecule has 0 radical (unpaired) electrons. The maximum atomic E-state index is 13.0. The third-order valence-electron chi connectivity index (χ3n) is 5.23. The lowest BCUT2D eigenvalue weighted by Gasteiger charge is -2.14. The SMILES string of the molecule is CCOc1cc2c(cc1NC(=O)c1ccc3c(c1)nc(C)c(=O)n3CC)O[C@H](C)C2. The van der Waals surface area contributed by atoms with Gasteiger partial charge in [-0.3, -0.25) is 9.59 Å². The lowest BCUT2D eigenvalue weighted by atomic mass is 10.1. The zero-order chi connectivity index (χ0) is 21.4. The zero-order valence-corrected chi connectivity index (χ0v) is 17.6. The largest absolute Gasteiger partial charge is 0.492 e. The van der Waals surface area contributed by atoms with Crippen LogP contribution in [0.4, 0.5) is 5.69 Å². The van der Waals surface area contributed by atoms with Crippen molar-refractivity contribution >= 4 is 22.6 Å². The fourth-order valence-corrected chi connectivity index (χ4v) is 3.84. The van der Waals surface area contributed by atoms with Gasteiger partial charge in [0, 0.05) is 30.2 Å². The molecule has 0 bridgehead atoms. The Labute approximate surface area is 174 Å². The molecular weight excluding hydrogens is 382 g/mol. The molecule has 1 aliphatic rings. The van der Waals surface area contributed by atoms with Gasteiger partial charge in [-0.1, -0.05) is 0 Å². The van der Waals surface area contributed by atoms with Gasteiger partial charge in [-0.2, -0.15) is 0 Å². The van der Waals surface area contributed by atoms with Gasteiger partial charge in [0.15, 0.2) is 0 Å². The normalized spacial score (nSPS) is 15.0. The highest BCUT2D eigenvalue weighted by Crippen LogP contribution is 2.38. The molecule has 1 N–H and O–H groups in total. The van der Waals surface area contributed by atoms with Gasteiger partial charge in [0.1, 0.15) is 23.3 Å². The standard InChI is InChI=1S/C23H25N3O4/c1-5-26-19-8-7-15(10-17(19)24-14(4)23(26)28)22(27)25-18-12-20-16(9-13(3)30-20)11-21(18)29-6-2/h7-8,10-13H,5-6,9H2,1-4H3,(H,25,27)/t13-/m1/s1. The van der Waals surface area contributed by atoms with Crippen LogP contribution in [-0.4, -0.2) is 28.2 Å². The molecular formula is C23H25N3O4. The summed E-state index contributed by atoms with van der Waals surface area (Å²) in [6, 6.07) is 8.92. The molecule has 30 heavy (non-hydrogen) atoms. The Morgan fingerprint density at radius 3 is 2.83 bits per heavy atom. The number of hydrogen-bond donors (Lipinski definition) is 1. The summed E-state index contributed by atoms with van der Waals surface area (Å²) in [5.41, 5.74) is 3.70. The predicted octanol–water partition coefficient (Wildman–Crippen LogP) is 3.70. The summed E-state index contributed by atoms with van der Waals surface area (Å²) in [5.74, 6) is 1.11. The second-order valence-electron chi connectivity index (χ2n) is 7.43. The number of fused-ring (bicyclic) bond motifs is 2. The molecule has 4 rings (SSSR count). The Kier molecular flexibility index (Phi) is 5.20. The molecule has 1 aromatic heterocycles. The monoisotopic (exact) mass is 407 g/mol. The van der Waals surface area contributed by atoms with E-state index in [4.69, 9.17) is 9.47 Å². The number of aryl methyl sites for hydroxylation is 2. The van der Waals surface area contributed by atoms with E-state index in [1.165, 1.54) is 0 Å². The smallest absolute Gasteiger partial charge is 0.272 e. The summed E-state index contributed by atoms with van der Waals surface area (Å²) in [4.78, 5) is 29.6. The number of benzene rings is 2. The van der Waals surface area contributed by atoms with Gasteiger partial charge in [-0.05, 0) is 52.0 Å². The molecule has 1 atom stereocenters. The van der Waals surface area contributed by atoms with Crippen LogP contribution in [-0.2, 0) is 13.0 Å². The highest BCUT2D eigenvalue weighted by molar-refractivity contribution is 6.06. The lowest BCUT2D eigenvalue weighted by molar-refractivity contribution is 0.102. The van der Waals surface area contributed by atoms with Crippen LogP contribution >= 0.6 is 0 Å². The molecule has 3 aromatic rings. The average molecular weight is 407 g/mol. The van der Waals surface area contributed by atoms with E-state index < -0.39 is 0 Å². The van der Waals surface area contributed by atoms with Crippen LogP contribution < -0.4 is 20.3 Å². The van der Waals surface area contributed by atoms with Crippen LogP contribution in [0.25, 0.3) is 11.0 Å². The number of rotatable bonds is 5. The first-order valence-corrected chi connectivity index (χ1v) is 10.2. The van der Waals surface area contributed by atoms with Crippen molar-refractivity contribution in [3.63, 3.8) is 0 Å². The van der Waals surface area contributed by atoms with Crippen molar-refractivity contribution in [3.8, 4) is 11.5 Å². The molecule has 1 amide bonds. The van der Waals surface area contributed by atoms with Gasteiger partial charge < -0.3 is 19.4 Å². The van der Waals surface area contributed by atoms with E-state index in [9.17, 15) is 9.59 Å². The Bertz CT molecular complexity index is 1200. The molecule has 2 aromatic carbocycles. The molecule has 2 heterocycles. The minimum atomic E-state index is -0.280. The van der Waals surface area contributed by atoms with E-state index in [0.717, 1.165) is 17.7 Å². The minimum absolute atomic E-state index is 0.103. The fourth-order valence-electron chi connectivity index (χ4n) is 3.84. The van der Waals surface area contributed by atoms with E-state index in [1.807, 2.05) is 32.9 Å². The maximum absolute atomic E-state index is 13.0. The first-order valence-electron chi connectivity index (χ1n) is 10.2. The molecule has 0 fully saturated rings. The number of ether oxygens (including phenoxy) is 2. The number of nitrogens with one attached hydrogen (secondary N) is 1. The third-order valence-corrected chi connectivity index (χ3v) is 5.23. The van der Waals surface area contributed by atoms with Gasteiger partial charge >= 0.3 is 0 Å². The summed E-state index contributed by atoms with van der Waals surface area (Å²) in [6.45, 7) is 8.54. The first kappa shape index (κ1) is 19.9. The van der Waals surface area contributed by atoms with Crippen molar-refractivity contribution in [3.05, 3.63) is 57.5 Å². The van der Waals surface area contributed by atoms with Gasteiger partial charge in [0.2, 0.25) is 0 Å². The Morgan fingerprint density at radius 1 is 1.30 bits per heavy atom. The summed E-state index contributed by atoms with van der Waals surface area (Å²) >= 11 is 0. The number of anilines is 1. The van der Waals surface area contributed by atoms with Crippen LogP contribution in [0.2, 0.25) is 0 Å². The van der Waals surface area contributed by atoms with Gasteiger partial charge in [0.05, 0.1) is 23.3 Å². The van der Waals surface area contributed by atoms with Crippen LogP contribution in [0.3, 0.4) is 0 Å². The van der Waals surface area contributed by atoms with Gasteiger partial charge in [-0.15, -0.1) is 0 Å². The fraction of sp³-hybridized carbons (Fsp3) is 0.348. The third kappa shape index (κ3) is 3.51. The number of carbonyl (C=O) groups is 1. The topological polar surface area (TPSA) is 82.5 Å². The van der Waals surface area contributed by atoms with Gasteiger partial charge in [-0.25, -0.2) is 4.98 Å². The molecule has 0 saturated carbocycles. The molecule has 0 aliphatic carbocycles. The zero-order valence-electron chi connectivity index (χ0n) is 17.6. The average Bonchev–Trinajstić information content (AvgIpc) is 3.08. The van der Waals surface area contributed by atoms with Crippen molar-refractivity contribution in [2.24, 2.45) is 0 Å². The molecule has 1 aliphatic heterocycles. The van der Waals surface area contributed by atoms with Crippen LogP contribution in [0.15, 0.2) is 35.1 Å². The van der Waals surface area contributed by atoms with E-state index in [2.05, 4.69) is 10.3 Å². The molecule has 0 spiro atoms. The van der Waals surface area contributed by atoms with Crippen molar-refractivity contribution in [2.75, 3.05) is 11.9 Å². The summed E-state index contributed by atoms with van der Waals surface area (Å²) in [5, 5.41) is 2.94.